The number of aryl methyl sites for hydroxylation is 1. The first-order valence-electron chi connectivity index (χ1n) is 3.74. The molecule has 1 radical (unpaired) electrons. The van der Waals surface area contributed by atoms with Gasteiger partial charge in [0.1, 0.15) is 6.33 Å². The number of rotatable bonds is 0. The van der Waals surface area contributed by atoms with Crippen LogP contribution in [0.2, 0.25) is 0 Å². The van der Waals surface area contributed by atoms with E-state index in [1.165, 1.54) is 0 Å². The lowest BCUT2D eigenvalue weighted by Crippen LogP contribution is -2.07. The van der Waals surface area contributed by atoms with Crippen molar-refractivity contribution in [1.29, 1.82) is 0 Å². The van der Waals surface area contributed by atoms with E-state index in [0.29, 0.717) is 0 Å². The Balaban J connectivity index is 2.46. The molecule has 0 aromatic carbocycles. The third kappa shape index (κ3) is 0.922. The molecule has 0 spiro atoms. The smallest absolute Gasteiger partial charge is 0.162 e. The predicted octanol–water partition coefficient (Wildman–Crippen LogP) is 0.793. The molecule has 2 heterocycles. The van der Waals surface area contributed by atoms with Crippen molar-refractivity contribution in [3.63, 3.8) is 0 Å². The van der Waals surface area contributed by atoms with Crippen LogP contribution in [-0.2, 0) is 0 Å². The van der Waals surface area contributed by atoms with Crippen molar-refractivity contribution in [3.05, 3.63) is 30.0 Å². The second-order valence-corrected chi connectivity index (χ2v) is 2.67. The molecule has 1 aliphatic rings. The molecular formula is C8H9N4. The van der Waals surface area contributed by atoms with E-state index in [0.717, 1.165) is 17.2 Å². The van der Waals surface area contributed by atoms with Crippen molar-refractivity contribution in [2.45, 2.75) is 13.8 Å². The zero-order chi connectivity index (χ0) is 8.55. The summed E-state index contributed by atoms with van der Waals surface area (Å²) in [6.45, 7) is 3.99. The van der Waals surface area contributed by atoms with Crippen LogP contribution in [0.5, 0.6) is 0 Å². The average molecular weight is 161 g/mol. The van der Waals surface area contributed by atoms with Gasteiger partial charge in [-0.15, -0.1) is 5.10 Å². The monoisotopic (exact) mass is 161 g/mol. The molecule has 12 heavy (non-hydrogen) atoms. The summed E-state index contributed by atoms with van der Waals surface area (Å²) in [6.07, 6.45) is 5.28. The van der Waals surface area contributed by atoms with Gasteiger partial charge in [0.2, 0.25) is 0 Å². The van der Waals surface area contributed by atoms with Crippen molar-refractivity contribution in [2.75, 3.05) is 0 Å². The molecule has 0 saturated carbocycles. The molecular weight excluding hydrogens is 152 g/mol. The van der Waals surface area contributed by atoms with Crippen LogP contribution in [0.15, 0.2) is 23.7 Å². The van der Waals surface area contributed by atoms with Gasteiger partial charge in [-0.2, -0.15) is 5.43 Å². The second kappa shape index (κ2) is 2.48. The Hall–Kier alpha value is -1.58. The van der Waals surface area contributed by atoms with Gasteiger partial charge >= 0.3 is 0 Å². The van der Waals surface area contributed by atoms with Gasteiger partial charge in [-0.3, -0.25) is 4.57 Å². The van der Waals surface area contributed by atoms with Gasteiger partial charge in [0, 0.05) is 11.8 Å². The van der Waals surface area contributed by atoms with E-state index in [-0.39, 0.29) is 0 Å². The van der Waals surface area contributed by atoms with Crippen molar-refractivity contribution in [3.8, 4) is 0 Å². The van der Waals surface area contributed by atoms with Crippen LogP contribution in [0.3, 0.4) is 0 Å². The summed E-state index contributed by atoms with van der Waals surface area (Å²) in [5.41, 5.74) is 5.88. The van der Waals surface area contributed by atoms with Crippen LogP contribution in [0.25, 0.3) is 0 Å². The summed E-state index contributed by atoms with van der Waals surface area (Å²) in [5, 5.41) is 3.93. The normalized spacial score (nSPS) is 14.7. The quantitative estimate of drug-likeness (QED) is 0.555. The molecule has 1 aliphatic heterocycles. The first kappa shape index (κ1) is 7.09. The zero-order valence-corrected chi connectivity index (χ0v) is 7.02. The lowest BCUT2D eigenvalue weighted by atomic mass is 10.4. The highest BCUT2D eigenvalue weighted by Crippen LogP contribution is 2.06. The number of hydrogen-bond donors (Lipinski definition) is 0. The number of aromatic nitrogens is 2. The average Bonchev–Trinajstić information content (AvgIpc) is 2.64. The van der Waals surface area contributed by atoms with Crippen LogP contribution in [0.1, 0.15) is 11.4 Å². The zero-order valence-electron chi connectivity index (χ0n) is 7.02. The Labute approximate surface area is 70.6 Å². The summed E-state index contributed by atoms with van der Waals surface area (Å²) < 4.78 is 1.92. The molecule has 0 aliphatic carbocycles. The van der Waals surface area contributed by atoms with E-state index in [4.69, 9.17) is 0 Å². The van der Waals surface area contributed by atoms with Crippen LogP contribution in [-0.4, -0.2) is 15.4 Å². The molecule has 1 aromatic heterocycles. The van der Waals surface area contributed by atoms with Crippen molar-refractivity contribution in [1.82, 2.24) is 15.0 Å². The molecule has 0 atom stereocenters. The highest BCUT2D eigenvalue weighted by atomic mass is 15.3. The second-order valence-electron chi connectivity index (χ2n) is 2.67. The molecule has 61 valence electrons. The Bertz CT molecular complexity index is 359. The van der Waals surface area contributed by atoms with E-state index in [1.807, 2.05) is 24.5 Å². The Morgan fingerprint density at radius 2 is 2.17 bits per heavy atom. The summed E-state index contributed by atoms with van der Waals surface area (Å²) in [4.78, 5) is 4.17. The summed E-state index contributed by atoms with van der Waals surface area (Å²) in [7, 11) is 0. The van der Waals surface area contributed by atoms with Gasteiger partial charge in [-0.1, -0.05) is 0 Å². The predicted molar refractivity (Wildman–Crippen MR) is 45.8 cm³/mol. The molecule has 0 unspecified atom stereocenters. The maximum atomic E-state index is 4.17. The van der Waals surface area contributed by atoms with Crippen molar-refractivity contribution < 1.29 is 0 Å². The maximum absolute atomic E-state index is 4.17. The summed E-state index contributed by atoms with van der Waals surface area (Å²) in [6, 6.07) is 0. The standard InChI is InChI=1S/C8H9N4/c1-6-7(2)12(5-9-6)8-3-4-10-11-8/h3-5H,1-2H3. The van der Waals surface area contributed by atoms with E-state index in [2.05, 4.69) is 15.5 Å². The molecule has 4 heteroatoms. The lowest BCUT2D eigenvalue weighted by Gasteiger charge is -1.99. The maximum Gasteiger partial charge on any atom is 0.162 e. The molecule has 0 saturated heterocycles. The lowest BCUT2D eigenvalue weighted by molar-refractivity contribution is 0.947. The highest BCUT2D eigenvalue weighted by Gasteiger charge is 2.08. The number of nitrogens with zero attached hydrogens (tertiary/aromatic N) is 4. The van der Waals surface area contributed by atoms with Gasteiger partial charge in [0.25, 0.3) is 0 Å². The van der Waals surface area contributed by atoms with Gasteiger partial charge in [-0.25, -0.2) is 4.98 Å². The minimum absolute atomic E-state index is 0.827. The van der Waals surface area contributed by atoms with Crippen molar-refractivity contribution in [2.24, 2.45) is 5.10 Å². The van der Waals surface area contributed by atoms with E-state index in [9.17, 15) is 0 Å². The highest BCUT2D eigenvalue weighted by molar-refractivity contribution is 5.96. The number of allylic oxidation sites excluding steroid dienone is 1. The SMILES string of the molecule is Cc1ncn(C2=N[N]C=C2)c1C. The Morgan fingerprint density at radius 1 is 1.33 bits per heavy atom. The minimum Gasteiger partial charge on any atom is -0.286 e. The molecule has 4 nitrogen and oxygen atoms in total. The molecule has 0 fully saturated rings. The third-order valence-electron chi connectivity index (χ3n) is 1.95. The molecule has 0 amide bonds. The van der Waals surface area contributed by atoms with Gasteiger partial charge in [0.15, 0.2) is 5.84 Å². The van der Waals surface area contributed by atoms with Crippen LogP contribution >= 0.6 is 0 Å². The molecule has 0 bridgehead atoms. The van der Waals surface area contributed by atoms with Crippen LogP contribution in [0, 0.1) is 13.8 Å². The van der Waals surface area contributed by atoms with Gasteiger partial charge in [0.05, 0.1) is 11.9 Å². The van der Waals surface area contributed by atoms with Gasteiger partial charge < -0.3 is 0 Å². The topological polar surface area (TPSA) is 44.3 Å². The first-order chi connectivity index (χ1) is 5.79. The molecule has 1 aromatic rings. The minimum atomic E-state index is 0.827. The summed E-state index contributed by atoms with van der Waals surface area (Å²) >= 11 is 0. The summed E-state index contributed by atoms with van der Waals surface area (Å²) in [5.74, 6) is 0.827. The Morgan fingerprint density at radius 3 is 2.67 bits per heavy atom. The van der Waals surface area contributed by atoms with Crippen molar-refractivity contribution >= 4 is 5.84 Å². The fourth-order valence-corrected chi connectivity index (χ4v) is 1.08. The first-order valence-corrected chi connectivity index (χ1v) is 3.74. The van der Waals surface area contributed by atoms with E-state index >= 15 is 0 Å². The molecule has 2 rings (SSSR count). The Kier molecular flexibility index (Phi) is 1.46. The fraction of sp³-hybridized carbons (Fsp3) is 0.250. The number of imidazole rings is 1. The van der Waals surface area contributed by atoms with Gasteiger partial charge in [-0.05, 0) is 13.8 Å². The largest absolute Gasteiger partial charge is 0.286 e. The van der Waals surface area contributed by atoms with Crippen LogP contribution in [0.4, 0.5) is 0 Å². The van der Waals surface area contributed by atoms with Crippen LogP contribution < -0.4 is 5.43 Å². The van der Waals surface area contributed by atoms with E-state index < -0.39 is 0 Å². The third-order valence-corrected chi connectivity index (χ3v) is 1.95. The fourth-order valence-electron chi connectivity index (χ4n) is 1.08. The number of hydrogen-bond acceptors (Lipinski definition) is 2. The molecule has 0 N–H and O–H groups in total. The van der Waals surface area contributed by atoms with E-state index in [1.54, 1.807) is 12.5 Å².